The van der Waals surface area contributed by atoms with Gasteiger partial charge in [0.25, 0.3) is 0 Å². The summed E-state index contributed by atoms with van der Waals surface area (Å²) in [4.78, 5) is 3.88. The maximum absolute atomic E-state index is 6.87. The van der Waals surface area contributed by atoms with Crippen molar-refractivity contribution in [3.8, 4) is 0 Å². The van der Waals surface area contributed by atoms with Gasteiger partial charge in [-0.05, 0) is 22.0 Å². The number of nitrogens with zero attached hydrogens (tertiary/aromatic N) is 1. The van der Waals surface area contributed by atoms with Crippen LogP contribution in [-0.4, -0.2) is 11.2 Å². The summed E-state index contributed by atoms with van der Waals surface area (Å²) in [7, 11) is 0. The van der Waals surface area contributed by atoms with Crippen LogP contribution in [0.1, 0.15) is 5.69 Å². The summed E-state index contributed by atoms with van der Waals surface area (Å²) in [5.74, 6) is 0. The van der Waals surface area contributed by atoms with E-state index in [9.17, 15) is 0 Å². The van der Waals surface area contributed by atoms with E-state index in [2.05, 4.69) is 20.9 Å². The van der Waals surface area contributed by atoms with Gasteiger partial charge in [-0.25, -0.2) is 0 Å². The van der Waals surface area contributed by atoms with Crippen LogP contribution in [0.15, 0.2) is 16.7 Å². The largest absolute Gasteiger partial charge is 0.397 e. The Bertz CT molecular complexity index is 259. The Morgan fingerprint density at radius 2 is 2.40 bits per heavy atom. The fourth-order valence-corrected chi connectivity index (χ4v) is 0.935. The standard InChI is InChI=1S/C6H6BrN3/c7-4-1-5(9)6(2-8)10-3-4/h1-3,8H,9H2. The molecule has 1 heterocycles. The molecule has 1 aromatic rings. The molecule has 0 amide bonds. The van der Waals surface area contributed by atoms with Gasteiger partial charge in [0.05, 0.1) is 5.69 Å². The van der Waals surface area contributed by atoms with E-state index < -0.39 is 0 Å². The number of pyridine rings is 1. The third kappa shape index (κ3) is 1.33. The second-order valence-corrected chi connectivity index (χ2v) is 2.69. The number of aromatic nitrogens is 1. The molecule has 3 N–H and O–H groups in total. The molecule has 4 heteroatoms. The topological polar surface area (TPSA) is 62.8 Å². The van der Waals surface area contributed by atoms with Crippen molar-refractivity contribution < 1.29 is 0 Å². The molecule has 0 aliphatic heterocycles. The van der Waals surface area contributed by atoms with Gasteiger partial charge in [-0.1, -0.05) is 0 Å². The van der Waals surface area contributed by atoms with Crippen molar-refractivity contribution in [3.63, 3.8) is 0 Å². The van der Waals surface area contributed by atoms with Crippen molar-refractivity contribution in [1.82, 2.24) is 4.98 Å². The molecule has 3 nitrogen and oxygen atoms in total. The van der Waals surface area contributed by atoms with Gasteiger partial charge in [0.2, 0.25) is 0 Å². The molecule has 0 spiro atoms. The zero-order valence-electron chi connectivity index (χ0n) is 5.13. The highest BCUT2D eigenvalue weighted by molar-refractivity contribution is 9.10. The molecular weight excluding hydrogens is 194 g/mol. The quantitative estimate of drug-likeness (QED) is 0.673. The Morgan fingerprint density at radius 3 is 2.90 bits per heavy atom. The number of anilines is 1. The van der Waals surface area contributed by atoms with Crippen LogP contribution >= 0.6 is 15.9 Å². The molecule has 0 saturated heterocycles. The number of nitrogen functional groups attached to an aromatic ring is 1. The zero-order valence-corrected chi connectivity index (χ0v) is 6.72. The molecule has 0 fully saturated rings. The molecule has 10 heavy (non-hydrogen) atoms. The first-order chi connectivity index (χ1) is 4.74. The minimum Gasteiger partial charge on any atom is -0.397 e. The summed E-state index contributed by atoms with van der Waals surface area (Å²) in [6.45, 7) is 0. The van der Waals surface area contributed by atoms with Crippen LogP contribution in [0.25, 0.3) is 0 Å². The van der Waals surface area contributed by atoms with Crippen molar-refractivity contribution in [3.05, 3.63) is 22.4 Å². The number of hydrogen-bond acceptors (Lipinski definition) is 3. The van der Waals surface area contributed by atoms with Gasteiger partial charge in [0.15, 0.2) is 0 Å². The summed E-state index contributed by atoms with van der Waals surface area (Å²) in [6, 6.07) is 1.72. The maximum Gasteiger partial charge on any atom is 0.103 e. The van der Waals surface area contributed by atoms with Gasteiger partial charge < -0.3 is 11.1 Å². The Labute approximate surface area is 66.9 Å². The van der Waals surface area contributed by atoms with Gasteiger partial charge in [-0.3, -0.25) is 4.98 Å². The lowest BCUT2D eigenvalue weighted by Crippen LogP contribution is -1.95. The van der Waals surface area contributed by atoms with Gasteiger partial charge in [0.1, 0.15) is 5.69 Å². The average molecular weight is 200 g/mol. The number of nitrogens with two attached hydrogens (primary N) is 1. The lowest BCUT2D eigenvalue weighted by Gasteiger charge is -1.96. The molecule has 1 rings (SSSR count). The number of halogens is 1. The van der Waals surface area contributed by atoms with E-state index in [0.29, 0.717) is 11.4 Å². The van der Waals surface area contributed by atoms with Gasteiger partial charge in [-0.2, -0.15) is 0 Å². The highest BCUT2D eigenvalue weighted by atomic mass is 79.9. The molecule has 0 bridgehead atoms. The van der Waals surface area contributed by atoms with Crippen molar-refractivity contribution in [1.29, 1.82) is 5.41 Å². The second-order valence-electron chi connectivity index (χ2n) is 1.77. The van der Waals surface area contributed by atoms with E-state index in [1.165, 1.54) is 0 Å². The van der Waals surface area contributed by atoms with Crippen LogP contribution in [0, 0.1) is 5.41 Å². The van der Waals surface area contributed by atoms with Gasteiger partial charge in [-0.15, -0.1) is 0 Å². The van der Waals surface area contributed by atoms with Crippen LogP contribution in [0.3, 0.4) is 0 Å². The predicted octanol–water partition coefficient (Wildman–Crippen LogP) is 1.42. The first kappa shape index (κ1) is 7.21. The van der Waals surface area contributed by atoms with E-state index in [-0.39, 0.29) is 0 Å². The minimum absolute atomic E-state index is 0.503. The van der Waals surface area contributed by atoms with Gasteiger partial charge in [0, 0.05) is 16.9 Å². The summed E-state index contributed by atoms with van der Waals surface area (Å²) >= 11 is 3.21. The Balaban J connectivity index is 3.19. The molecule has 0 saturated carbocycles. The molecule has 52 valence electrons. The zero-order chi connectivity index (χ0) is 7.56. The summed E-state index contributed by atoms with van der Waals surface area (Å²) in [5.41, 5.74) is 6.51. The van der Waals surface area contributed by atoms with Crippen molar-refractivity contribution in [2.75, 3.05) is 5.73 Å². The summed E-state index contributed by atoms with van der Waals surface area (Å²) in [5, 5.41) is 6.87. The maximum atomic E-state index is 6.87. The van der Waals surface area contributed by atoms with E-state index in [0.717, 1.165) is 10.7 Å². The van der Waals surface area contributed by atoms with E-state index in [1.807, 2.05) is 0 Å². The first-order valence-corrected chi connectivity index (χ1v) is 3.45. The third-order valence-corrected chi connectivity index (χ3v) is 1.49. The molecule has 0 unspecified atom stereocenters. The highest BCUT2D eigenvalue weighted by Crippen LogP contribution is 2.13. The lowest BCUT2D eigenvalue weighted by atomic mass is 10.3. The van der Waals surface area contributed by atoms with E-state index >= 15 is 0 Å². The number of hydrogen-bond donors (Lipinski definition) is 2. The van der Waals surface area contributed by atoms with Crippen molar-refractivity contribution in [2.24, 2.45) is 0 Å². The molecule has 0 atom stereocenters. The SMILES string of the molecule is N=Cc1ncc(Br)cc1N. The summed E-state index contributed by atoms with van der Waals surface area (Å²) in [6.07, 6.45) is 2.73. The Kier molecular flexibility index (Phi) is 2.01. The lowest BCUT2D eigenvalue weighted by molar-refractivity contribution is 1.28. The average Bonchev–Trinajstić information content (AvgIpc) is 1.88. The smallest absolute Gasteiger partial charge is 0.103 e. The molecule has 1 aromatic heterocycles. The Hall–Kier alpha value is -0.900. The molecular formula is C6H6BrN3. The molecule has 0 aliphatic carbocycles. The minimum atomic E-state index is 0.503. The Morgan fingerprint density at radius 1 is 1.70 bits per heavy atom. The van der Waals surface area contributed by atoms with Crippen LogP contribution in [0.5, 0.6) is 0 Å². The van der Waals surface area contributed by atoms with Crippen molar-refractivity contribution >= 4 is 27.8 Å². The van der Waals surface area contributed by atoms with Crippen LogP contribution < -0.4 is 5.73 Å². The number of rotatable bonds is 1. The van der Waals surface area contributed by atoms with E-state index in [1.54, 1.807) is 12.3 Å². The van der Waals surface area contributed by atoms with Crippen LogP contribution in [0.4, 0.5) is 5.69 Å². The number of nitrogens with one attached hydrogen (secondary N) is 1. The monoisotopic (exact) mass is 199 g/mol. The fourth-order valence-electron chi connectivity index (χ4n) is 0.586. The van der Waals surface area contributed by atoms with Gasteiger partial charge >= 0.3 is 0 Å². The fraction of sp³-hybridized carbons (Fsp3) is 0. The third-order valence-electron chi connectivity index (χ3n) is 1.05. The normalized spacial score (nSPS) is 9.30. The molecule has 0 aliphatic rings. The van der Waals surface area contributed by atoms with Crippen LogP contribution in [-0.2, 0) is 0 Å². The molecule has 0 radical (unpaired) electrons. The molecule has 0 aromatic carbocycles. The van der Waals surface area contributed by atoms with Crippen LogP contribution in [0.2, 0.25) is 0 Å². The van der Waals surface area contributed by atoms with Crippen molar-refractivity contribution in [2.45, 2.75) is 0 Å². The second kappa shape index (κ2) is 2.79. The highest BCUT2D eigenvalue weighted by Gasteiger charge is 1.95. The first-order valence-electron chi connectivity index (χ1n) is 2.65. The van der Waals surface area contributed by atoms with E-state index in [4.69, 9.17) is 11.1 Å². The summed E-state index contributed by atoms with van der Waals surface area (Å²) < 4.78 is 0.829. The predicted molar refractivity (Wildman–Crippen MR) is 44.2 cm³/mol.